The second-order valence-electron chi connectivity index (χ2n) is 3.46. The fourth-order valence-electron chi connectivity index (χ4n) is 1.15. The van der Waals surface area contributed by atoms with Gasteiger partial charge in [0.1, 0.15) is 0 Å². The minimum absolute atomic E-state index is 0.415. The SMILES string of the molecule is CCC(C)Nc1nc(C)ccc1OC. The summed E-state index contributed by atoms with van der Waals surface area (Å²) < 4.78 is 5.22. The Labute approximate surface area is 85.5 Å². The van der Waals surface area contributed by atoms with E-state index in [2.05, 4.69) is 24.1 Å². The van der Waals surface area contributed by atoms with E-state index in [0.717, 1.165) is 23.7 Å². The number of methoxy groups -OCH3 is 1. The first kappa shape index (κ1) is 10.8. The summed E-state index contributed by atoms with van der Waals surface area (Å²) >= 11 is 0. The van der Waals surface area contributed by atoms with Crippen LogP contribution in [0.4, 0.5) is 5.82 Å². The molecule has 78 valence electrons. The molecule has 0 amide bonds. The van der Waals surface area contributed by atoms with Gasteiger partial charge in [0.2, 0.25) is 0 Å². The lowest BCUT2D eigenvalue weighted by molar-refractivity contribution is 0.414. The molecule has 1 atom stereocenters. The summed E-state index contributed by atoms with van der Waals surface area (Å²) in [5, 5.41) is 3.32. The van der Waals surface area contributed by atoms with E-state index in [1.54, 1.807) is 7.11 Å². The van der Waals surface area contributed by atoms with Crippen molar-refractivity contribution < 1.29 is 4.74 Å². The van der Waals surface area contributed by atoms with Gasteiger partial charge in [-0.05, 0) is 32.4 Å². The van der Waals surface area contributed by atoms with Gasteiger partial charge in [-0.25, -0.2) is 4.98 Å². The second-order valence-corrected chi connectivity index (χ2v) is 3.46. The average Bonchev–Trinajstić information content (AvgIpc) is 2.18. The maximum absolute atomic E-state index is 5.22. The molecular weight excluding hydrogens is 176 g/mol. The van der Waals surface area contributed by atoms with Crippen LogP contribution in [0, 0.1) is 6.92 Å². The number of nitrogens with one attached hydrogen (secondary N) is 1. The van der Waals surface area contributed by atoms with E-state index in [9.17, 15) is 0 Å². The number of anilines is 1. The highest BCUT2D eigenvalue weighted by Gasteiger charge is 2.06. The summed E-state index contributed by atoms with van der Waals surface area (Å²) in [6.45, 7) is 6.24. The van der Waals surface area contributed by atoms with Crippen molar-refractivity contribution in [3.8, 4) is 5.75 Å². The van der Waals surface area contributed by atoms with Gasteiger partial charge < -0.3 is 10.1 Å². The molecule has 0 aliphatic rings. The molecule has 3 nitrogen and oxygen atoms in total. The van der Waals surface area contributed by atoms with Crippen LogP contribution in [-0.2, 0) is 0 Å². The summed E-state index contributed by atoms with van der Waals surface area (Å²) in [7, 11) is 1.66. The number of pyridine rings is 1. The van der Waals surface area contributed by atoms with E-state index in [-0.39, 0.29) is 0 Å². The minimum Gasteiger partial charge on any atom is -0.493 e. The summed E-state index contributed by atoms with van der Waals surface area (Å²) in [5.41, 5.74) is 0.997. The Morgan fingerprint density at radius 2 is 2.21 bits per heavy atom. The van der Waals surface area contributed by atoms with Gasteiger partial charge in [-0.2, -0.15) is 0 Å². The van der Waals surface area contributed by atoms with Gasteiger partial charge in [0, 0.05) is 11.7 Å². The molecule has 0 aromatic carbocycles. The highest BCUT2D eigenvalue weighted by Crippen LogP contribution is 2.22. The molecule has 1 heterocycles. The van der Waals surface area contributed by atoms with Crippen molar-refractivity contribution >= 4 is 5.82 Å². The van der Waals surface area contributed by atoms with Crippen LogP contribution in [0.15, 0.2) is 12.1 Å². The molecule has 0 bridgehead atoms. The van der Waals surface area contributed by atoms with Crippen LogP contribution in [0.1, 0.15) is 26.0 Å². The molecule has 1 aromatic heterocycles. The van der Waals surface area contributed by atoms with Gasteiger partial charge in [0.25, 0.3) is 0 Å². The maximum Gasteiger partial charge on any atom is 0.169 e. The van der Waals surface area contributed by atoms with E-state index in [1.165, 1.54) is 0 Å². The van der Waals surface area contributed by atoms with Crippen molar-refractivity contribution in [1.29, 1.82) is 0 Å². The zero-order chi connectivity index (χ0) is 10.6. The molecule has 1 rings (SSSR count). The molecule has 1 aromatic rings. The monoisotopic (exact) mass is 194 g/mol. The van der Waals surface area contributed by atoms with Gasteiger partial charge in [0.05, 0.1) is 7.11 Å². The topological polar surface area (TPSA) is 34.2 Å². The van der Waals surface area contributed by atoms with Crippen LogP contribution >= 0.6 is 0 Å². The molecule has 0 spiro atoms. The first-order chi connectivity index (χ1) is 6.67. The minimum atomic E-state index is 0.415. The van der Waals surface area contributed by atoms with Crippen LogP contribution in [0.5, 0.6) is 5.75 Å². The molecule has 0 fully saturated rings. The zero-order valence-corrected chi connectivity index (χ0v) is 9.29. The van der Waals surface area contributed by atoms with Crippen molar-refractivity contribution in [1.82, 2.24) is 4.98 Å². The Hall–Kier alpha value is -1.25. The molecular formula is C11H18N2O. The van der Waals surface area contributed by atoms with E-state index < -0.39 is 0 Å². The van der Waals surface area contributed by atoms with Crippen LogP contribution in [0.25, 0.3) is 0 Å². The number of aryl methyl sites for hydroxylation is 1. The van der Waals surface area contributed by atoms with Gasteiger partial charge in [-0.3, -0.25) is 0 Å². The average molecular weight is 194 g/mol. The van der Waals surface area contributed by atoms with Crippen molar-refractivity contribution in [3.63, 3.8) is 0 Å². The highest BCUT2D eigenvalue weighted by atomic mass is 16.5. The Morgan fingerprint density at radius 1 is 1.50 bits per heavy atom. The zero-order valence-electron chi connectivity index (χ0n) is 9.29. The van der Waals surface area contributed by atoms with Gasteiger partial charge in [-0.15, -0.1) is 0 Å². The van der Waals surface area contributed by atoms with E-state index in [4.69, 9.17) is 4.74 Å². The lowest BCUT2D eigenvalue weighted by Gasteiger charge is -2.15. The Balaban J connectivity index is 2.87. The van der Waals surface area contributed by atoms with Gasteiger partial charge in [-0.1, -0.05) is 6.92 Å². The molecule has 14 heavy (non-hydrogen) atoms. The normalized spacial score (nSPS) is 12.3. The van der Waals surface area contributed by atoms with Gasteiger partial charge in [0.15, 0.2) is 11.6 Å². The first-order valence-electron chi connectivity index (χ1n) is 4.95. The van der Waals surface area contributed by atoms with Crippen LogP contribution in [0.2, 0.25) is 0 Å². The number of rotatable bonds is 4. The fourth-order valence-corrected chi connectivity index (χ4v) is 1.15. The summed E-state index contributed by atoms with van der Waals surface area (Å²) in [5.74, 6) is 1.64. The fraction of sp³-hybridized carbons (Fsp3) is 0.545. The molecule has 0 saturated carbocycles. The van der Waals surface area contributed by atoms with Crippen molar-refractivity contribution in [2.75, 3.05) is 12.4 Å². The highest BCUT2D eigenvalue weighted by molar-refractivity contribution is 5.51. The van der Waals surface area contributed by atoms with Crippen LogP contribution < -0.4 is 10.1 Å². The quantitative estimate of drug-likeness (QED) is 0.800. The second kappa shape index (κ2) is 4.84. The van der Waals surface area contributed by atoms with Crippen LogP contribution in [0.3, 0.4) is 0 Å². The largest absolute Gasteiger partial charge is 0.493 e. The summed E-state index contributed by atoms with van der Waals surface area (Å²) in [4.78, 5) is 4.40. The Kier molecular flexibility index (Phi) is 3.74. The Bertz CT molecular complexity index is 299. The van der Waals surface area contributed by atoms with E-state index in [0.29, 0.717) is 6.04 Å². The molecule has 1 N–H and O–H groups in total. The predicted octanol–water partition coefficient (Wildman–Crippen LogP) is 2.61. The molecule has 1 unspecified atom stereocenters. The number of ether oxygens (including phenoxy) is 1. The third kappa shape index (κ3) is 2.62. The number of hydrogen-bond acceptors (Lipinski definition) is 3. The van der Waals surface area contributed by atoms with E-state index >= 15 is 0 Å². The predicted molar refractivity (Wildman–Crippen MR) is 58.9 cm³/mol. The molecule has 0 radical (unpaired) electrons. The number of aromatic nitrogens is 1. The summed E-state index contributed by atoms with van der Waals surface area (Å²) in [6, 6.07) is 4.30. The first-order valence-corrected chi connectivity index (χ1v) is 4.95. The van der Waals surface area contributed by atoms with Crippen molar-refractivity contribution in [3.05, 3.63) is 17.8 Å². The van der Waals surface area contributed by atoms with Crippen molar-refractivity contribution in [2.45, 2.75) is 33.2 Å². The van der Waals surface area contributed by atoms with E-state index in [1.807, 2.05) is 19.1 Å². The number of hydrogen-bond donors (Lipinski definition) is 1. The smallest absolute Gasteiger partial charge is 0.169 e. The standard InChI is InChI=1S/C11H18N2O/c1-5-8(2)12-11-10(14-4)7-6-9(3)13-11/h6-8H,5H2,1-4H3,(H,12,13). The maximum atomic E-state index is 5.22. The summed E-state index contributed by atoms with van der Waals surface area (Å²) in [6.07, 6.45) is 1.07. The third-order valence-electron chi connectivity index (χ3n) is 2.21. The van der Waals surface area contributed by atoms with Gasteiger partial charge >= 0.3 is 0 Å². The molecule has 0 aliphatic heterocycles. The van der Waals surface area contributed by atoms with Crippen LogP contribution in [-0.4, -0.2) is 18.1 Å². The molecule has 3 heteroatoms. The number of nitrogens with zero attached hydrogens (tertiary/aromatic N) is 1. The Morgan fingerprint density at radius 3 is 2.79 bits per heavy atom. The third-order valence-corrected chi connectivity index (χ3v) is 2.21. The molecule has 0 saturated heterocycles. The lowest BCUT2D eigenvalue weighted by atomic mass is 10.2. The lowest BCUT2D eigenvalue weighted by Crippen LogP contribution is -2.15. The van der Waals surface area contributed by atoms with Crippen molar-refractivity contribution in [2.24, 2.45) is 0 Å². The molecule has 0 aliphatic carbocycles.